The molecule has 0 fully saturated rings. The summed E-state index contributed by atoms with van der Waals surface area (Å²) in [5.74, 6) is -0.172. The number of aromatic hydroxyl groups is 2. The first-order valence-corrected chi connectivity index (χ1v) is 7.95. The van der Waals surface area contributed by atoms with Crippen molar-refractivity contribution in [2.45, 2.75) is 26.4 Å². The van der Waals surface area contributed by atoms with E-state index in [4.69, 9.17) is 16.4 Å². The number of pyridine rings is 1. The maximum atomic E-state index is 10.2. The number of benzene rings is 1. The maximum Gasteiger partial charge on any atom is 0.143 e. The van der Waals surface area contributed by atoms with Crippen LogP contribution in [0.25, 0.3) is 0 Å². The van der Waals surface area contributed by atoms with Crippen LogP contribution in [0.15, 0.2) is 40.1 Å². The van der Waals surface area contributed by atoms with Gasteiger partial charge in [-0.3, -0.25) is 4.98 Å². The zero-order chi connectivity index (χ0) is 17.2. The van der Waals surface area contributed by atoms with Gasteiger partial charge in [-0.2, -0.15) is 0 Å². The second-order valence-electron chi connectivity index (χ2n) is 5.80. The third-order valence-electron chi connectivity index (χ3n) is 2.72. The Morgan fingerprint density at radius 1 is 1.26 bits per heavy atom. The van der Waals surface area contributed by atoms with Crippen LogP contribution in [-0.4, -0.2) is 26.5 Å². The number of oxime groups is 1. The van der Waals surface area contributed by atoms with Gasteiger partial charge in [0.15, 0.2) is 0 Å². The van der Waals surface area contributed by atoms with E-state index < -0.39 is 5.60 Å². The summed E-state index contributed by atoms with van der Waals surface area (Å²) in [5, 5.41) is 24.7. The van der Waals surface area contributed by atoms with Crippen LogP contribution in [0.4, 0.5) is 0 Å². The van der Waals surface area contributed by atoms with Crippen molar-refractivity contribution in [1.82, 2.24) is 4.98 Å². The van der Waals surface area contributed by atoms with Gasteiger partial charge >= 0.3 is 0 Å². The normalized spacial score (nSPS) is 12.3. The average molecular weight is 400 g/mol. The van der Waals surface area contributed by atoms with Crippen molar-refractivity contribution in [3.63, 3.8) is 0 Å². The molecule has 1 heterocycles. The van der Waals surface area contributed by atoms with Crippen LogP contribution in [0.2, 0.25) is 5.02 Å². The Morgan fingerprint density at radius 2 is 1.96 bits per heavy atom. The zero-order valence-electron chi connectivity index (χ0n) is 12.8. The van der Waals surface area contributed by atoms with Crippen molar-refractivity contribution in [1.29, 1.82) is 0 Å². The van der Waals surface area contributed by atoms with Crippen LogP contribution in [0.5, 0.6) is 11.5 Å². The first-order valence-electron chi connectivity index (χ1n) is 6.78. The highest BCUT2D eigenvalue weighted by Gasteiger charge is 2.21. The number of hydrogen-bond donors (Lipinski definition) is 2. The van der Waals surface area contributed by atoms with Gasteiger partial charge in [0.05, 0.1) is 5.02 Å². The summed E-state index contributed by atoms with van der Waals surface area (Å²) in [5.41, 5.74) is 0.184. The third-order valence-corrected chi connectivity index (χ3v) is 3.91. The molecule has 5 nitrogen and oxygen atoms in total. The standard InChI is InChI=1S/C16H16BrClN2O3/c1-16(2,3)23-20-14(15-12(21)5-4-6-19-15)9-7-10(17)11(18)8-13(9)22/h4-8,21-22H,1-3H3/b20-14-. The van der Waals surface area contributed by atoms with E-state index in [-0.39, 0.29) is 22.9 Å². The Morgan fingerprint density at radius 3 is 2.57 bits per heavy atom. The van der Waals surface area contributed by atoms with E-state index in [1.54, 1.807) is 12.1 Å². The van der Waals surface area contributed by atoms with Gasteiger partial charge in [-0.05, 0) is 54.9 Å². The van der Waals surface area contributed by atoms with Crippen LogP contribution in [0, 0.1) is 0 Å². The molecule has 122 valence electrons. The van der Waals surface area contributed by atoms with Crippen LogP contribution in [0.1, 0.15) is 32.0 Å². The molecule has 0 unspecified atom stereocenters. The fourth-order valence-electron chi connectivity index (χ4n) is 1.71. The van der Waals surface area contributed by atoms with E-state index in [2.05, 4.69) is 26.1 Å². The van der Waals surface area contributed by atoms with Crippen LogP contribution in [0.3, 0.4) is 0 Å². The molecule has 1 aromatic heterocycles. The molecule has 0 amide bonds. The molecule has 2 rings (SSSR count). The Kier molecular flexibility index (Phi) is 5.16. The van der Waals surface area contributed by atoms with Crippen molar-refractivity contribution >= 4 is 33.2 Å². The molecule has 0 aliphatic carbocycles. The lowest BCUT2D eigenvalue weighted by Gasteiger charge is -2.18. The van der Waals surface area contributed by atoms with Gasteiger partial charge in [-0.15, -0.1) is 0 Å². The van der Waals surface area contributed by atoms with Gasteiger partial charge in [-0.25, -0.2) is 0 Å². The fraction of sp³-hybridized carbons (Fsp3) is 0.250. The number of aromatic nitrogens is 1. The Bertz CT molecular complexity index is 757. The predicted molar refractivity (Wildman–Crippen MR) is 93.2 cm³/mol. The summed E-state index contributed by atoms with van der Waals surface area (Å²) >= 11 is 9.28. The minimum absolute atomic E-state index is 0.0748. The summed E-state index contributed by atoms with van der Waals surface area (Å²) in [6.07, 6.45) is 1.52. The quantitative estimate of drug-likeness (QED) is 0.589. The monoisotopic (exact) mass is 398 g/mol. The number of nitrogens with zero attached hydrogens (tertiary/aromatic N) is 2. The van der Waals surface area contributed by atoms with Crippen molar-refractivity contribution in [3.8, 4) is 11.5 Å². The lowest BCUT2D eigenvalue weighted by molar-refractivity contribution is 0.00109. The van der Waals surface area contributed by atoms with Gasteiger partial charge < -0.3 is 15.1 Å². The average Bonchev–Trinajstić information content (AvgIpc) is 2.45. The van der Waals surface area contributed by atoms with Crippen LogP contribution in [-0.2, 0) is 4.84 Å². The molecule has 23 heavy (non-hydrogen) atoms. The van der Waals surface area contributed by atoms with Crippen molar-refractivity contribution in [3.05, 3.63) is 51.2 Å². The highest BCUT2D eigenvalue weighted by molar-refractivity contribution is 9.10. The molecule has 0 saturated heterocycles. The number of phenolic OH excluding ortho intramolecular Hbond substituents is 1. The van der Waals surface area contributed by atoms with Gasteiger partial charge in [0, 0.05) is 22.3 Å². The van der Waals surface area contributed by atoms with Gasteiger partial charge in [0.2, 0.25) is 0 Å². The Labute approximate surface area is 147 Å². The van der Waals surface area contributed by atoms with Gasteiger partial charge in [0.25, 0.3) is 0 Å². The molecular weight excluding hydrogens is 384 g/mol. The number of hydrogen-bond acceptors (Lipinski definition) is 5. The molecule has 2 aromatic rings. The first-order chi connectivity index (χ1) is 10.7. The maximum absolute atomic E-state index is 10.2. The predicted octanol–water partition coefficient (Wildman–Crippen LogP) is 4.48. The van der Waals surface area contributed by atoms with Gasteiger partial charge in [0.1, 0.15) is 28.5 Å². The molecule has 0 saturated carbocycles. The van der Waals surface area contributed by atoms with E-state index in [1.165, 1.54) is 18.3 Å². The van der Waals surface area contributed by atoms with Gasteiger partial charge in [-0.1, -0.05) is 16.8 Å². The van der Waals surface area contributed by atoms with Crippen LogP contribution >= 0.6 is 27.5 Å². The molecule has 2 N–H and O–H groups in total. The second-order valence-corrected chi connectivity index (χ2v) is 7.06. The molecular formula is C16H16BrClN2O3. The van der Waals surface area contributed by atoms with Crippen molar-refractivity contribution in [2.75, 3.05) is 0 Å². The summed E-state index contributed by atoms with van der Waals surface area (Å²) in [7, 11) is 0. The second kappa shape index (κ2) is 6.76. The highest BCUT2D eigenvalue weighted by Crippen LogP contribution is 2.33. The van der Waals surface area contributed by atoms with E-state index in [0.717, 1.165) is 0 Å². The Balaban J connectivity index is 2.64. The van der Waals surface area contributed by atoms with Crippen molar-refractivity contribution < 1.29 is 15.1 Å². The van der Waals surface area contributed by atoms with E-state index in [9.17, 15) is 10.2 Å². The summed E-state index contributed by atoms with van der Waals surface area (Å²) in [6.45, 7) is 5.51. The minimum atomic E-state index is -0.547. The molecule has 0 aliphatic rings. The lowest BCUT2D eigenvalue weighted by atomic mass is 10.1. The van der Waals surface area contributed by atoms with Crippen molar-refractivity contribution in [2.24, 2.45) is 5.16 Å². The SMILES string of the molecule is CC(C)(C)O/N=C(/c1cc(Br)c(Cl)cc1O)c1ncccc1O. The molecule has 0 radical (unpaired) electrons. The number of phenols is 1. The smallest absolute Gasteiger partial charge is 0.143 e. The van der Waals surface area contributed by atoms with E-state index >= 15 is 0 Å². The topological polar surface area (TPSA) is 74.9 Å². The number of halogens is 2. The fourth-order valence-corrected chi connectivity index (χ4v) is 2.21. The van der Waals surface area contributed by atoms with E-state index in [1.807, 2.05) is 20.8 Å². The summed E-state index contributed by atoms with van der Waals surface area (Å²) in [6, 6.07) is 6.06. The summed E-state index contributed by atoms with van der Waals surface area (Å²) < 4.78 is 0.575. The zero-order valence-corrected chi connectivity index (χ0v) is 15.2. The van der Waals surface area contributed by atoms with E-state index in [0.29, 0.717) is 15.1 Å². The molecule has 1 aromatic carbocycles. The van der Waals surface area contributed by atoms with Crippen LogP contribution < -0.4 is 0 Å². The minimum Gasteiger partial charge on any atom is -0.507 e. The largest absolute Gasteiger partial charge is 0.507 e. The molecule has 0 atom stereocenters. The molecule has 0 spiro atoms. The molecule has 7 heteroatoms. The first kappa shape index (κ1) is 17.6. The highest BCUT2D eigenvalue weighted by atomic mass is 79.9. The summed E-state index contributed by atoms with van der Waals surface area (Å²) in [4.78, 5) is 9.59. The third kappa shape index (κ3) is 4.36. The number of rotatable bonds is 3. The molecule has 0 bridgehead atoms. The Hall–Kier alpha value is -1.79. The lowest BCUT2D eigenvalue weighted by Crippen LogP contribution is -2.18. The molecule has 0 aliphatic heterocycles.